The lowest BCUT2D eigenvalue weighted by Gasteiger charge is -2.20. The van der Waals surface area contributed by atoms with Gasteiger partial charge in [0.25, 0.3) is 0 Å². The van der Waals surface area contributed by atoms with Crippen molar-refractivity contribution in [1.82, 2.24) is 0 Å². The van der Waals surface area contributed by atoms with Crippen molar-refractivity contribution >= 4 is 18.9 Å². The molecule has 0 aliphatic rings. The first kappa shape index (κ1) is 13.1. The van der Waals surface area contributed by atoms with Crippen molar-refractivity contribution in [2.24, 2.45) is 0 Å². The van der Waals surface area contributed by atoms with Crippen molar-refractivity contribution in [3.8, 4) is 0 Å². The number of benzene rings is 2. The summed E-state index contributed by atoms with van der Waals surface area (Å²) in [4.78, 5) is 2.20. The van der Waals surface area contributed by atoms with Crippen molar-refractivity contribution < 1.29 is 0 Å². The summed E-state index contributed by atoms with van der Waals surface area (Å²) in [7, 11) is 4.10. The molecular weight excluding hydrogens is 237 g/mol. The van der Waals surface area contributed by atoms with Gasteiger partial charge in [-0.3, -0.25) is 0 Å². The first-order chi connectivity index (χ1) is 8.68. The molecule has 1 atom stereocenters. The molecule has 94 valence electrons. The van der Waals surface area contributed by atoms with Crippen molar-refractivity contribution in [1.29, 1.82) is 0 Å². The molecule has 2 aromatic carbocycles. The Balaban J connectivity index is 2.19. The average Bonchev–Trinajstić information content (AvgIpc) is 2.40. The topological polar surface area (TPSA) is 3.24 Å². The minimum atomic E-state index is -0.120. The summed E-state index contributed by atoms with van der Waals surface area (Å²) in [5.41, 5.74) is 2.78. The molecule has 0 spiro atoms. The molecule has 0 fully saturated rings. The fraction of sp³-hybridized carbons (Fsp3) is 0.250. The van der Waals surface area contributed by atoms with Crippen LogP contribution in [0.15, 0.2) is 54.6 Å². The number of nitrogens with zero attached hydrogens (tertiary/aromatic N) is 1. The average molecular weight is 257 g/mol. The second-order valence-electron chi connectivity index (χ2n) is 4.71. The molecule has 0 amide bonds. The highest BCUT2D eigenvalue weighted by Gasteiger charge is 2.09. The number of anilines is 1. The Hall–Kier alpha value is -1.33. The monoisotopic (exact) mass is 257 g/mol. The maximum atomic E-state index is 2.36. The Morgan fingerprint density at radius 1 is 0.889 bits per heavy atom. The van der Waals surface area contributed by atoms with Gasteiger partial charge in [-0.1, -0.05) is 56.5 Å². The third kappa shape index (κ3) is 3.11. The van der Waals surface area contributed by atoms with Crippen LogP contribution in [-0.4, -0.2) is 20.8 Å². The summed E-state index contributed by atoms with van der Waals surface area (Å²) in [6.45, 7) is 2.36. The molecule has 2 rings (SSSR count). The Morgan fingerprint density at radius 3 is 2.17 bits per heavy atom. The summed E-state index contributed by atoms with van der Waals surface area (Å²) in [5.74, 6) is 0. The predicted molar refractivity (Wildman–Crippen MR) is 83.4 cm³/mol. The van der Waals surface area contributed by atoms with E-state index in [9.17, 15) is 0 Å². The largest absolute Gasteiger partial charge is 0.377 e. The standard InChI is InChI=1S/C16H20NP/c1-17(2)16-12-8-7-9-14(16)13-18(3)15-10-5-4-6-11-15/h4-12H,13H2,1-3H3. The fourth-order valence-corrected chi connectivity index (χ4v) is 3.75. The summed E-state index contributed by atoms with van der Waals surface area (Å²) in [6.07, 6.45) is 1.15. The molecule has 0 radical (unpaired) electrons. The molecule has 0 N–H and O–H groups in total. The lowest BCUT2D eigenvalue weighted by Crippen LogP contribution is -2.11. The van der Waals surface area contributed by atoms with Crippen LogP contribution in [0.3, 0.4) is 0 Å². The SMILES string of the molecule is CN(C)c1ccccc1CP(C)c1ccccc1. The second kappa shape index (κ2) is 6.02. The molecule has 2 aromatic rings. The zero-order valence-electron chi connectivity index (χ0n) is 11.3. The van der Waals surface area contributed by atoms with Crippen LogP contribution in [0.25, 0.3) is 0 Å². The molecule has 0 saturated carbocycles. The van der Waals surface area contributed by atoms with E-state index >= 15 is 0 Å². The Morgan fingerprint density at radius 2 is 1.50 bits per heavy atom. The van der Waals surface area contributed by atoms with E-state index in [4.69, 9.17) is 0 Å². The summed E-state index contributed by atoms with van der Waals surface area (Å²) in [5, 5.41) is 1.47. The van der Waals surface area contributed by atoms with Crippen LogP contribution < -0.4 is 10.2 Å². The van der Waals surface area contributed by atoms with Gasteiger partial charge in [0, 0.05) is 19.8 Å². The first-order valence-corrected chi connectivity index (χ1v) is 8.17. The van der Waals surface area contributed by atoms with E-state index in [0.717, 1.165) is 6.16 Å². The summed E-state index contributed by atoms with van der Waals surface area (Å²) < 4.78 is 0. The maximum absolute atomic E-state index is 2.36. The predicted octanol–water partition coefficient (Wildman–Crippen LogP) is 3.69. The number of rotatable bonds is 4. The Bertz CT molecular complexity index is 493. The molecule has 1 nitrogen and oxygen atoms in total. The van der Waals surface area contributed by atoms with Gasteiger partial charge in [0.2, 0.25) is 0 Å². The molecule has 0 bridgehead atoms. The highest BCUT2D eigenvalue weighted by Crippen LogP contribution is 2.37. The minimum absolute atomic E-state index is 0.120. The number of hydrogen-bond acceptors (Lipinski definition) is 1. The van der Waals surface area contributed by atoms with Gasteiger partial charge in [0.05, 0.1) is 0 Å². The van der Waals surface area contributed by atoms with Gasteiger partial charge in [-0.2, -0.15) is 0 Å². The van der Waals surface area contributed by atoms with Crippen LogP contribution in [-0.2, 0) is 6.16 Å². The molecule has 0 aliphatic carbocycles. The van der Waals surface area contributed by atoms with E-state index in [0.29, 0.717) is 0 Å². The molecule has 1 unspecified atom stereocenters. The van der Waals surface area contributed by atoms with Crippen LogP contribution in [0.1, 0.15) is 5.56 Å². The summed E-state index contributed by atoms with van der Waals surface area (Å²) >= 11 is 0. The molecule has 0 saturated heterocycles. The molecule has 18 heavy (non-hydrogen) atoms. The maximum Gasteiger partial charge on any atom is 0.0397 e. The molecular formula is C16H20NP. The zero-order valence-corrected chi connectivity index (χ0v) is 12.2. The molecule has 2 heteroatoms. The van der Waals surface area contributed by atoms with Crippen molar-refractivity contribution in [3.05, 3.63) is 60.2 Å². The lowest BCUT2D eigenvalue weighted by molar-refractivity contribution is 1.11. The van der Waals surface area contributed by atoms with Gasteiger partial charge in [-0.25, -0.2) is 0 Å². The first-order valence-electron chi connectivity index (χ1n) is 6.20. The highest BCUT2D eigenvalue weighted by molar-refractivity contribution is 7.64. The number of hydrogen-bond donors (Lipinski definition) is 0. The third-order valence-corrected chi connectivity index (χ3v) is 5.07. The minimum Gasteiger partial charge on any atom is -0.377 e. The van der Waals surface area contributed by atoms with Crippen LogP contribution in [0.5, 0.6) is 0 Å². The second-order valence-corrected chi connectivity index (χ2v) is 6.94. The van der Waals surface area contributed by atoms with Gasteiger partial charge < -0.3 is 4.90 Å². The van der Waals surface area contributed by atoms with Gasteiger partial charge in [0.1, 0.15) is 0 Å². The fourth-order valence-electron chi connectivity index (χ4n) is 2.11. The van der Waals surface area contributed by atoms with E-state index in [-0.39, 0.29) is 7.92 Å². The highest BCUT2D eigenvalue weighted by atomic mass is 31.1. The van der Waals surface area contributed by atoms with E-state index in [1.54, 1.807) is 0 Å². The quantitative estimate of drug-likeness (QED) is 0.755. The van der Waals surface area contributed by atoms with Crippen molar-refractivity contribution in [2.75, 3.05) is 25.7 Å². The number of para-hydroxylation sites is 1. The Labute approximate surface area is 111 Å². The van der Waals surface area contributed by atoms with Gasteiger partial charge in [-0.15, -0.1) is 0 Å². The zero-order chi connectivity index (χ0) is 13.0. The van der Waals surface area contributed by atoms with Crippen molar-refractivity contribution in [2.45, 2.75) is 6.16 Å². The third-order valence-electron chi connectivity index (χ3n) is 3.08. The van der Waals surface area contributed by atoms with Crippen molar-refractivity contribution in [3.63, 3.8) is 0 Å². The van der Waals surface area contributed by atoms with Crippen LogP contribution in [0.2, 0.25) is 0 Å². The van der Waals surface area contributed by atoms with E-state index in [1.807, 2.05) is 0 Å². The van der Waals surface area contributed by atoms with E-state index in [1.165, 1.54) is 16.6 Å². The molecule has 0 heterocycles. The van der Waals surface area contributed by atoms with E-state index in [2.05, 4.69) is 80.3 Å². The van der Waals surface area contributed by atoms with Crippen LogP contribution in [0, 0.1) is 0 Å². The Kier molecular flexibility index (Phi) is 4.38. The van der Waals surface area contributed by atoms with Gasteiger partial charge >= 0.3 is 0 Å². The van der Waals surface area contributed by atoms with Gasteiger partial charge in [0.15, 0.2) is 0 Å². The van der Waals surface area contributed by atoms with E-state index < -0.39 is 0 Å². The summed E-state index contributed by atoms with van der Waals surface area (Å²) in [6, 6.07) is 19.5. The molecule has 0 aromatic heterocycles. The lowest BCUT2D eigenvalue weighted by atomic mass is 10.2. The van der Waals surface area contributed by atoms with Crippen LogP contribution in [0.4, 0.5) is 5.69 Å². The smallest absolute Gasteiger partial charge is 0.0397 e. The molecule has 0 aliphatic heterocycles. The normalized spacial score (nSPS) is 12.2. The van der Waals surface area contributed by atoms with Crippen LogP contribution >= 0.6 is 7.92 Å². The van der Waals surface area contributed by atoms with Gasteiger partial charge in [-0.05, 0) is 29.8 Å².